The third kappa shape index (κ3) is 1.97. The minimum absolute atomic E-state index is 0.0853. The molecule has 1 aliphatic heterocycles. The van der Waals surface area contributed by atoms with Crippen LogP contribution in [0.2, 0.25) is 0 Å². The highest BCUT2D eigenvalue weighted by Gasteiger charge is 2.39. The Morgan fingerprint density at radius 3 is 2.58 bits per heavy atom. The Bertz CT molecular complexity index is 143. The van der Waals surface area contributed by atoms with Gasteiger partial charge in [-0.2, -0.15) is 0 Å². The molecule has 1 unspecified atom stereocenters. The van der Waals surface area contributed by atoms with Gasteiger partial charge in [-0.05, 0) is 13.3 Å². The van der Waals surface area contributed by atoms with Crippen LogP contribution in [0.15, 0.2) is 0 Å². The van der Waals surface area contributed by atoms with E-state index in [0.29, 0.717) is 6.04 Å². The molecule has 0 spiro atoms. The molecule has 0 aliphatic carbocycles. The Hall–Kier alpha value is -0.120. The van der Waals surface area contributed by atoms with Gasteiger partial charge in [0, 0.05) is 31.8 Å². The summed E-state index contributed by atoms with van der Waals surface area (Å²) in [6.07, 6.45) is 1.07. The zero-order chi connectivity index (χ0) is 9.19. The first-order chi connectivity index (χ1) is 5.61. The monoisotopic (exact) mass is 172 g/mol. The molecular weight excluding hydrogens is 152 g/mol. The molecule has 0 radical (unpaired) electrons. The van der Waals surface area contributed by atoms with Crippen LogP contribution < -0.4 is 5.73 Å². The molecule has 1 rings (SSSR count). The minimum atomic E-state index is 0.0853. The van der Waals surface area contributed by atoms with Gasteiger partial charge in [0.25, 0.3) is 0 Å². The number of likely N-dealkylation sites (tertiary alicyclic amines) is 1. The highest BCUT2D eigenvalue weighted by molar-refractivity contribution is 5.00. The quantitative estimate of drug-likeness (QED) is 0.669. The van der Waals surface area contributed by atoms with Crippen molar-refractivity contribution in [1.29, 1.82) is 0 Å². The Morgan fingerprint density at radius 2 is 2.17 bits per heavy atom. The van der Waals surface area contributed by atoms with Crippen molar-refractivity contribution in [2.24, 2.45) is 5.73 Å². The maximum Gasteiger partial charge on any atom is 0.0615 e. The standard InChI is InChI=1S/C9H20N2O/c1-4-9(10)6-11(7-9)8(2)5-12-3/h8H,4-7,10H2,1-3H3. The summed E-state index contributed by atoms with van der Waals surface area (Å²) in [5, 5.41) is 0. The van der Waals surface area contributed by atoms with Gasteiger partial charge in [0.1, 0.15) is 0 Å². The zero-order valence-corrected chi connectivity index (χ0v) is 8.34. The van der Waals surface area contributed by atoms with E-state index in [2.05, 4.69) is 18.7 Å². The predicted octanol–water partition coefficient (Wildman–Crippen LogP) is 0.444. The molecule has 1 heterocycles. The lowest BCUT2D eigenvalue weighted by Gasteiger charge is -2.50. The van der Waals surface area contributed by atoms with E-state index in [0.717, 1.165) is 26.1 Å². The number of nitrogens with zero attached hydrogens (tertiary/aromatic N) is 1. The lowest BCUT2D eigenvalue weighted by molar-refractivity contribution is 0.00190. The fourth-order valence-corrected chi connectivity index (χ4v) is 1.64. The van der Waals surface area contributed by atoms with Crippen LogP contribution in [0.3, 0.4) is 0 Å². The first-order valence-corrected chi connectivity index (χ1v) is 4.63. The lowest BCUT2D eigenvalue weighted by Crippen LogP contribution is -2.69. The van der Waals surface area contributed by atoms with E-state index in [-0.39, 0.29) is 5.54 Å². The summed E-state index contributed by atoms with van der Waals surface area (Å²) in [6, 6.07) is 0.512. The van der Waals surface area contributed by atoms with Crippen LogP contribution >= 0.6 is 0 Å². The van der Waals surface area contributed by atoms with Crippen LogP contribution in [0, 0.1) is 0 Å². The number of methoxy groups -OCH3 is 1. The molecule has 3 heteroatoms. The van der Waals surface area contributed by atoms with Gasteiger partial charge in [-0.25, -0.2) is 0 Å². The van der Waals surface area contributed by atoms with Crippen molar-refractivity contribution in [3.05, 3.63) is 0 Å². The van der Waals surface area contributed by atoms with E-state index in [4.69, 9.17) is 10.5 Å². The van der Waals surface area contributed by atoms with Crippen LogP contribution in [0.4, 0.5) is 0 Å². The molecule has 1 saturated heterocycles. The molecule has 72 valence electrons. The van der Waals surface area contributed by atoms with Crippen molar-refractivity contribution in [3.8, 4) is 0 Å². The SMILES string of the molecule is CCC1(N)CN(C(C)COC)C1. The molecule has 3 nitrogen and oxygen atoms in total. The molecule has 1 atom stereocenters. The molecule has 0 saturated carbocycles. The Morgan fingerprint density at radius 1 is 1.58 bits per heavy atom. The van der Waals surface area contributed by atoms with Crippen LogP contribution in [0.5, 0.6) is 0 Å². The van der Waals surface area contributed by atoms with E-state index in [9.17, 15) is 0 Å². The average molecular weight is 172 g/mol. The first-order valence-electron chi connectivity index (χ1n) is 4.63. The highest BCUT2D eigenvalue weighted by Crippen LogP contribution is 2.23. The fraction of sp³-hybridized carbons (Fsp3) is 1.00. The van der Waals surface area contributed by atoms with E-state index < -0.39 is 0 Å². The predicted molar refractivity (Wildman–Crippen MR) is 50.1 cm³/mol. The number of nitrogens with two attached hydrogens (primary N) is 1. The van der Waals surface area contributed by atoms with E-state index in [1.54, 1.807) is 7.11 Å². The third-order valence-electron chi connectivity index (χ3n) is 2.77. The maximum absolute atomic E-state index is 6.04. The summed E-state index contributed by atoms with van der Waals surface area (Å²) in [4.78, 5) is 2.37. The molecular formula is C9H20N2O. The summed E-state index contributed by atoms with van der Waals surface area (Å²) in [5.41, 5.74) is 6.13. The molecule has 1 aliphatic rings. The van der Waals surface area contributed by atoms with Crippen molar-refractivity contribution >= 4 is 0 Å². The van der Waals surface area contributed by atoms with Crippen molar-refractivity contribution in [1.82, 2.24) is 4.90 Å². The smallest absolute Gasteiger partial charge is 0.0615 e. The summed E-state index contributed by atoms with van der Waals surface area (Å²) in [5.74, 6) is 0. The van der Waals surface area contributed by atoms with Crippen LogP contribution in [0.1, 0.15) is 20.3 Å². The number of hydrogen-bond acceptors (Lipinski definition) is 3. The van der Waals surface area contributed by atoms with E-state index in [1.807, 2.05) is 0 Å². The molecule has 1 fully saturated rings. The van der Waals surface area contributed by atoms with Crippen molar-refractivity contribution in [2.75, 3.05) is 26.8 Å². The summed E-state index contributed by atoms with van der Waals surface area (Å²) >= 11 is 0. The van der Waals surface area contributed by atoms with Gasteiger partial charge in [-0.3, -0.25) is 4.90 Å². The number of rotatable bonds is 4. The molecule has 0 aromatic heterocycles. The molecule has 0 aromatic rings. The zero-order valence-electron chi connectivity index (χ0n) is 8.34. The minimum Gasteiger partial charge on any atom is -0.383 e. The molecule has 0 amide bonds. The van der Waals surface area contributed by atoms with Gasteiger partial charge in [0.2, 0.25) is 0 Å². The number of hydrogen-bond donors (Lipinski definition) is 1. The summed E-state index contributed by atoms with van der Waals surface area (Å²) in [7, 11) is 1.74. The highest BCUT2D eigenvalue weighted by atomic mass is 16.5. The van der Waals surface area contributed by atoms with Crippen LogP contribution in [0.25, 0.3) is 0 Å². The maximum atomic E-state index is 6.04. The van der Waals surface area contributed by atoms with Crippen LogP contribution in [-0.2, 0) is 4.74 Å². The molecule has 2 N–H and O–H groups in total. The number of ether oxygens (including phenoxy) is 1. The van der Waals surface area contributed by atoms with Crippen LogP contribution in [-0.4, -0.2) is 43.3 Å². The largest absolute Gasteiger partial charge is 0.383 e. The van der Waals surface area contributed by atoms with Gasteiger partial charge in [-0.1, -0.05) is 6.92 Å². The Kier molecular flexibility index (Phi) is 3.09. The normalized spacial score (nSPS) is 25.0. The second-order valence-corrected chi connectivity index (χ2v) is 3.93. The average Bonchev–Trinajstić information content (AvgIpc) is 1.99. The van der Waals surface area contributed by atoms with E-state index >= 15 is 0 Å². The topological polar surface area (TPSA) is 38.5 Å². The summed E-state index contributed by atoms with van der Waals surface area (Å²) in [6.45, 7) is 7.18. The molecule has 0 aromatic carbocycles. The van der Waals surface area contributed by atoms with Gasteiger partial charge in [0.05, 0.1) is 6.61 Å². The van der Waals surface area contributed by atoms with Crippen molar-refractivity contribution in [2.45, 2.75) is 31.8 Å². The fourth-order valence-electron chi connectivity index (χ4n) is 1.64. The third-order valence-corrected chi connectivity index (χ3v) is 2.77. The van der Waals surface area contributed by atoms with Crippen molar-refractivity contribution in [3.63, 3.8) is 0 Å². The first kappa shape index (κ1) is 9.96. The van der Waals surface area contributed by atoms with Gasteiger partial charge >= 0.3 is 0 Å². The molecule has 0 bridgehead atoms. The summed E-state index contributed by atoms with van der Waals surface area (Å²) < 4.78 is 5.08. The second kappa shape index (κ2) is 3.73. The van der Waals surface area contributed by atoms with Crippen molar-refractivity contribution < 1.29 is 4.74 Å². The Labute approximate surface area is 74.9 Å². The van der Waals surface area contributed by atoms with E-state index in [1.165, 1.54) is 0 Å². The van der Waals surface area contributed by atoms with Gasteiger partial charge in [-0.15, -0.1) is 0 Å². The van der Waals surface area contributed by atoms with Gasteiger partial charge in [0.15, 0.2) is 0 Å². The Balaban J connectivity index is 2.24. The van der Waals surface area contributed by atoms with Gasteiger partial charge < -0.3 is 10.5 Å². The second-order valence-electron chi connectivity index (χ2n) is 3.93. The molecule has 12 heavy (non-hydrogen) atoms. The lowest BCUT2D eigenvalue weighted by atomic mass is 9.87.